The topological polar surface area (TPSA) is 26.0 Å². The molecule has 1 atom stereocenters. The Morgan fingerprint density at radius 1 is 1.32 bits per heavy atom. The van der Waals surface area contributed by atoms with Gasteiger partial charge in [0.05, 0.1) is 5.02 Å². The van der Waals surface area contributed by atoms with E-state index >= 15 is 0 Å². The van der Waals surface area contributed by atoms with Crippen LogP contribution in [0.1, 0.15) is 44.6 Å². The van der Waals surface area contributed by atoms with E-state index in [1.807, 2.05) is 6.07 Å². The fraction of sp³-hybridized carbons (Fsp3) is 0.625. The average molecular weight is 284 g/mol. The van der Waals surface area contributed by atoms with Crippen molar-refractivity contribution < 1.29 is 4.39 Å². The van der Waals surface area contributed by atoms with Gasteiger partial charge < -0.3 is 5.73 Å². The van der Waals surface area contributed by atoms with Crippen LogP contribution < -0.4 is 5.73 Å². The van der Waals surface area contributed by atoms with Crippen LogP contribution >= 0.6 is 11.6 Å². The summed E-state index contributed by atoms with van der Waals surface area (Å²) in [5, 5.41) is 0.181. The van der Waals surface area contributed by atoms with E-state index in [9.17, 15) is 4.39 Å². The lowest BCUT2D eigenvalue weighted by molar-refractivity contribution is 0.238. The summed E-state index contributed by atoms with van der Waals surface area (Å²) in [5.74, 6) is 1.12. The first-order valence-electron chi connectivity index (χ1n) is 7.29. The van der Waals surface area contributed by atoms with Gasteiger partial charge in [-0.3, -0.25) is 0 Å². The lowest BCUT2D eigenvalue weighted by atomic mass is 9.76. The van der Waals surface area contributed by atoms with Crippen molar-refractivity contribution in [3.8, 4) is 0 Å². The molecule has 106 valence electrons. The van der Waals surface area contributed by atoms with Gasteiger partial charge in [0.25, 0.3) is 0 Å². The van der Waals surface area contributed by atoms with Gasteiger partial charge in [0.1, 0.15) is 5.82 Å². The van der Waals surface area contributed by atoms with E-state index in [1.165, 1.54) is 38.2 Å². The highest BCUT2D eigenvalue weighted by molar-refractivity contribution is 6.30. The van der Waals surface area contributed by atoms with Crippen molar-refractivity contribution in [2.24, 2.45) is 17.6 Å². The molecule has 1 aliphatic carbocycles. The second-order valence-electron chi connectivity index (χ2n) is 5.81. The van der Waals surface area contributed by atoms with Gasteiger partial charge in [-0.15, -0.1) is 0 Å². The number of rotatable bonds is 4. The highest BCUT2D eigenvalue weighted by atomic mass is 35.5. The summed E-state index contributed by atoms with van der Waals surface area (Å²) in [4.78, 5) is 0. The molecule has 1 aliphatic rings. The fourth-order valence-corrected chi connectivity index (χ4v) is 3.25. The predicted molar refractivity (Wildman–Crippen MR) is 78.8 cm³/mol. The van der Waals surface area contributed by atoms with E-state index in [-0.39, 0.29) is 16.9 Å². The Bertz CT molecular complexity index is 413. The maximum atomic E-state index is 13.4. The summed E-state index contributed by atoms with van der Waals surface area (Å²) < 4.78 is 13.4. The number of hydrogen-bond acceptors (Lipinski definition) is 1. The lowest BCUT2D eigenvalue weighted by Crippen LogP contribution is -2.34. The van der Waals surface area contributed by atoms with Gasteiger partial charge in [0, 0.05) is 6.04 Å². The molecule has 0 aliphatic heterocycles. The molecular weight excluding hydrogens is 261 g/mol. The highest BCUT2D eigenvalue weighted by Crippen LogP contribution is 2.32. The van der Waals surface area contributed by atoms with Crippen molar-refractivity contribution in [3.05, 3.63) is 34.6 Å². The van der Waals surface area contributed by atoms with Gasteiger partial charge in [0.15, 0.2) is 0 Å². The molecule has 19 heavy (non-hydrogen) atoms. The van der Waals surface area contributed by atoms with Crippen molar-refractivity contribution in [2.45, 2.75) is 51.5 Å². The molecule has 2 rings (SSSR count). The molecule has 1 unspecified atom stereocenters. The van der Waals surface area contributed by atoms with Gasteiger partial charge >= 0.3 is 0 Å². The van der Waals surface area contributed by atoms with Crippen LogP contribution in [0.5, 0.6) is 0 Å². The van der Waals surface area contributed by atoms with Crippen molar-refractivity contribution in [1.82, 2.24) is 0 Å². The van der Waals surface area contributed by atoms with Gasteiger partial charge in [-0.1, -0.05) is 43.9 Å². The summed E-state index contributed by atoms with van der Waals surface area (Å²) in [6, 6.07) is 5.15. The predicted octanol–water partition coefficient (Wildman–Crippen LogP) is 4.57. The number of halogens is 2. The SMILES string of the molecule is CCC1CCC(C(N)Cc2ccc(Cl)c(F)c2)CC1. The molecule has 2 N–H and O–H groups in total. The maximum absolute atomic E-state index is 13.4. The van der Waals surface area contributed by atoms with Crippen molar-refractivity contribution >= 4 is 11.6 Å². The Hall–Kier alpha value is -0.600. The molecule has 0 spiro atoms. The zero-order chi connectivity index (χ0) is 13.8. The molecular formula is C16H23ClFN. The molecule has 1 aromatic carbocycles. The number of hydrogen-bond donors (Lipinski definition) is 1. The van der Waals surface area contributed by atoms with E-state index in [2.05, 4.69) is 6.92 Å². The van der Waals surface area contributed by atoms with Crippen LogP contribution in [0, 0.1) is 17.7 Å². The Morgan fingerprint density at radius 2 is 2.00 bits per heavy atom. The third-order valence-corrected chi connectivity index (χ3v) is 4.84. The second kappa shape index (κ2) is 6.71. The Labute approximate surface area is 120 Å². The quantitative estimate of drug-likeness (QED) is 0.861. The standard InChI is InChI=1S/C16H23ClFN/c1-2-11-3-6-13(7-4-11)16(19)10-12-5-8-14(17)15(18)9-12/h5,8-9,11,13,16H,2-4,6-7,10,19H2,1H3. The highest BCUT2D eigenvalue weighted by Gasteiger charge is 2.24. The molecule has 0 bridgehead atoms. The summed E-state index contributed by atoms with van der Waals surface area (Å²) >= 11 is 5.69. The fourth-order valence-electron chi connectivity index (χ4n) is 3.13. The zero-order valence-electron chi connectivity index (χ0n) is 11.5. The third-order valence-electron chi connectivity index (χ3n) is 4.53. The molecule has 1 fully saturated rings. The van der Waals surface area contributed by atoms with E-state index in [4.69, 9.17) is 17.3 Å². The Morgan fingerprint density at radius 3 is 2.58 bits per heavy atom. The van der Waals surface area contributed by atoms with Crippen LogP contribution in [0.25, 0.3) is 0 Å². The summed E-state index contributed by atoms with van der Waals surface area (Å²) in [7, 11) is 0. The molecule has 0 radical (unpaired) electrons. The second-order valence-corrected chi connectivity index (χ2v) is 6.21. The minimum Gasteiger partial charge on any atom is -0.327 e. The van der Waals surface area contributed by atoms with Gasteiger partial charge in [0.2, 0.25) is 0 Å². The molecule has 0 aromatic heterocycles. The Balaban J connectivity index is 1.90. The van der Waals surface area contributed by atoms with Crippen LogP contribution in [0.2, 0.25) is 5.02 Å². The van der Waals surface area contributed by atoms with Crippen molar-refractivity contribution in [1.29, 1.82) is 0 Å². The van der Waals surface area contributed by atoms with Crippen LogP contribution in [-0.2, 0) is 6.42 Å². The van der Waals surface area contributed by atoms with Crippen molar-refractivity contribution in [2.75, 3.05) is 0 Å². The van der Waals surface area contributed by atoms with E-state index in [0.717, 1.165) is 17.9 Å². The maximum Gasteiger partial charge on any atom is 0.142 e. The van der Waals surface area contributed by atoms with E-state index in [0.29, 0.717) is 5.92 Å². The largest absolute Gasteiger partial charge is 0.327 e. The van der Waals surface area contributed by atoms with Crippen LogP contribution in [-0.4, -0.2) is 6.04 Å². The average Bonchev–Trinajstić information content (AvgIpc) is 2.43. The summed E-state index contributed by atoms with van der Waals surface area (Å²) in [6.07, 6.45) is 7.05. The first kappa shape index (κ1) is 14.8. The molecule has 1 saturated carbocycles. The lowest BCUT2D eigenvalue weighted by Gasteiger charge is -2.31. The van der Waals surface area contributed by atoms with E-state index in [1.54, 1.807) is 6.07 Å². The van der Waals surface area contributed by atoms with Crippen LogP contribution in [0.3, 0.4) is 0 Å². The minimum atomic E-state index is -0.346. The zero-order valence-corrected chi connectivity index (χ0v) is 12.3. The van der Waals surface area contributed by atoms with Gasteiger partial charge in [-0.05, 0) is 48.8 Å². The van der Waals surface area contributed by atoms with Crippen LogP contribution in [0.4, 0.5) is 4.39 Å². The molecule has 3 heteroatoms. The monoisotopic (exact) mass is 283 g/mol. The molecule has 1 nitrogen and oxygen atoms in total. The Kier molecular flexibility index (Phi) is 5.23. The molecule has 0 saturated heterocycles. The minimum absolute atomic E-state index is 0.137. The van der Waals surface area contributed by atoms with Gasteiger partial charge in [-0.25, -0.2) is 4.39 Å². The van der Waals surface area contributed by atoms with Gasteiger partial charge in [-0.2, -0.15) is 0 Å². The first-order chi connectivity index (χ1) is 9.10. The summed E-state index contributed by atoms with van der Waals surface area (Å²) in [6.45, 7) is 2.27. The van der Waals surface area contributed by atoms with E-state index < -0.39 is 0 Å². The smallest absolute Gasteiger partial charge is 0.142 e. The molecule has 0 heterocycles. The van der Waals surface area contributed by atoms with Crippen LogP contribution in [0.15, 0.2) is 18.2 Å². The third kappa shape index (κ3) is 3.93. The molecule has 0 amide bonds. The first-order valence-corrected chi connectivity index (χ1v) is 7.67. The number of nitrogens with two attached hydrogens (primary N) is 1. The van der Waals surface area contributed by atoms with Crippen molar-refractivity contribution in [3.63, 3.8) is 0 Å². The number of benzene rings is 1. The normalized spacial score (nSPS) is 25.3. The molecule has 1 aromatic rings. The summed E-state index contributed by atoms with van der Waals surface area (Å²) in [5.41, 5.74) is 7.25.